The molecule has 0 aliphatic heterocycles. The molecule has 0 saturated heterocycles. The molecular formula is C17H13FN4O4S. The fraction of sp³-hybridized carbons (Fsp3) is 0.118. The van der Waals surface area contributed by atoms with Gasteiger partial charge in [0.25, 0.3) is 16.8 Å². The molecule has 3 rings (SSSR count). The Hall–Kier alpha value is -3.27. The molecule has 0 aliphatic carbocycles. The second kappa shape index (κ2) is 8.41. The van der Waals surface area contributed by atoms with Gasteiger partial charge < -0.3 is 9.73 Å². The molecular weight excluding hydrogens is 375 g/mol. The third-order valence-corrected chi connectivity index (χ3v) is 4.33. The number of hydrogen-bond donors (Lipinski definition) is 1. The minimum Gasteiger partial charge on any atom is -0.414 e. The quantitative estimate of drug-likeness (QED) is 0.375. The van der Waals surface area contributed by atoms with E-state index in [0.717, 1.165) is 5.56 Å². The van der Waals surface area contributed by atoms with E-state index in [0.29, 0.717) is 11.3 Å². The number of nitro benzene ring substituents is 1. The van der Waals surface area contributed by atoms with Crippen LogP contribution in [-0.2, 0) is 12.3 Å². The van der Waals surface area contributed by atoms with Crippen molar-refractivity contribution >= 4 is 23.4 Å². The van der Waals surface area contributed by atoms with E-state index in [1.807, 2.05) is 0 Å². The van der Waals surface area contributed by atoms with E-state index in [9.17, 15) is 19.3 Å². The lowest BCUT2D eigenvalue weighted by atomic mass is 10.2. The summed E-state index contributed by atoms with van der Waals surface area (Å²) in [5.74, 6) is -0.175. The van der Waals surface area contributed by atoms with Gasteiger partial charge in [0.05, 0.1) is 11.5 Å². The Morgan fingerprint density at radius 3 is 2.74 bits per heavy atom. The van der Waals surface area contributed by atoms with Crippen LogP contribution in [-0.4, -0.2) is 21.0 Å². The Kier molecular flexibility index (Phi) is 5.77. The summed E-state index contributed by atoms with van der Waals surface area (Å²) in [5.41, 5.74) is 1.08. The molecule has 1 amide bonds. The van der Waals surface area contributed by atoms with Crippen LogP contribution in [0.1, 0.15) is 21.8 Å². The van der Waals surface area contributed by atoms with Gasteiger partial charge in [-0.1, -0.05) is 23.9 Å². The molecule has 0 radical (unpaired) electrons. The summed E-state index contributed by atoms with van der Waals surface area (Å²) in [4.78, 5) is 22.3. The number of nitrogens with one attached hydrogen (secondary N) is 1. The van der Waals surface area contributed by atoms with Crippen LogP contribution in [0.4, 0.5) is 10.1 Å². The SMILES string of the molecule is O=C(NCc1nnc(SCc2cccc([N+](=O)[O-])c2)o1)c1ccc(F)cc1. The summed E-state index contributed by atoms with van der Waals surface area (Å²) < 4.78 is 18.3. The first kappa shape index (κ1) is 18.5. The molecule has 0 spiro atoms. The summed E-state index contributed by atoms with van der Waals surface area (Å²) in [5, 5.41) is 21.4. The van der Waals surface area contributed by atoms with E-state index in [-0.39, 0.29) is 29.3 Å². The van der Waals surface area contributed by atoms with Gasteiger partial charge in [-0.15, -0.1) is 10.2 Å². The number of benzene rings is 2. The molecule has 27 heavy (non-hydrogen) atoms. The van der Waals surface area contributed by atoms with Crippen LogP contribution in [0, 0.1) is 15.9 Å². The minimum absolute atomic E-state index is 0.0165. The first-order valence-electron chi connectivity index (χ1n) is 7.73. The molecule has 1 N–H and O–H groups in total. The van der Waals surface area contributed by atoms with Gasteiger partial charge in [-0.25, -0.2) is 4.39 Å². The number of nitrogens with zero attached hydrogens (tertiary/aromatic N) is 3. The number of non-ortho nitro benzene ring substituents is 1. The second-order valence-corrected chi connectivity index (χ2v) is 6.29. The summed E-state index contributed by atoms with van der Waals surface area (Å²) in [7, 11) is 0. The molecule has 0 unspecified atom stereocenters. The summed E-state index contributed by atoms with van der Waals surface area (Å²) in [6, 6.07) is 11.4. The Bertz CT molecular complexity index is 962. The Morgan fingerprint density at radius 2 is 2.00 bits per heavy atom. The summed E-state index contributed by atoms with van der Waals surface area (Å²) >= 11 is 1.23. The Labute approximate surface area is 156 Å². The molecule has 0 saturated carbocycles. The summed E-state index contributed by atoms with van der Waals surface area (Å²) in [6.45, 7) is 0.0284. The molecule has 2 aromatic carbocycles. The van der Waals surface area contributed by atoms with Crippen LogP contribution in [0.3, 0.4) is 0 Å². The fourth-order valence-electron chi connectivity index (χ4n) is 2.13. The second-order valence-electron chi connectivity index (χ2n) is 5.37. The van der Waals surface area contributed by atoms with Crippen LogP contribution >= 0.6 is 11.8 Å². The molecule has 3 aromatic rings. The molecule has 1 heterocycles. The van der Waals surface area contributed by atoms with Crippen LogP contribution in [0.2, 0.25) is 0 Å². The van der Waals surface area contributed by atoms with Crippen LogP contribution in [0.15, 0.2) is 58.2 Å². The number of thioether (sulfide) groups is 1. The van der Waals surface area contributed by atoms with Gasteiger partial charge in [0, 0.05) is 23.4 Å². The van der Waals surface area contributed by atoms with E-state index >= 15 is 0 Å². The molecule has 0 fully saturated rings. The van der Waals surface area contributed by atoms with Crippen molar-refractivity contribution in [1.29, 1.82) is 0 Å². The first-order chi connectivity index (χ1) is 13.0. The number of aromatic nitrogens is 2. The number of halogens is 1. The molecule has 0 atom stereocenters. The number of amides is 1. The highest BCUT2D eigenvalue weighted by Gasteiger charge is 2.11. The molecule has 0 bridgehead atoms. The maximum absolute atomic E-state index is 12.9. The van der Waals surface area contributed by atoms with Crippen molar-refractivity contribution in [2.45, 2.75) is 17.5 Å². The predicted octanol–water partition coefficient (Wildman–Crippen LogP) is 3.34. The standard InChI is InChI=1S/C17H13FN4O4S/c18-13-6-4-12(5-7-13)16(23)19-9-15-20-21-17(26-15)27-10-11-2-1-3-14(8-11)22(24)25/h1-8H,9-10H2,(H,19,23). The smallest absolute Gasteiger partial charge is 0.276 e. The first-order valence-corrected chi connectivity index (χ1v) is 8.72. The van der Waals surface area contributed by atoms with E-state index in [1.165, 1.54) is 48.2 Å². The van der Waals surface area contributed by atoms with Gasteiger partial charge in [-0.2, -0.15) is 0 Å². The fourth-order valence-corrected chi connectivity index (χ4v) is 2.86. The van der Waals surface area contributed by atoms with Gasteiger partial charge in [-0.3, -0.25) is 14.9 Å². The zero-order valence-electron chi connectivity index (χ0n) is 13.8. The van der Waals surface area contributed by atoms with Crippen LogP contribution in [0.5, 0.6) is 0 Å². The molecule has 0 aliphatic rings. The van der Waals surface area contributed by atoms with Gasteiger partial charge in [0.2, 0.25) is 5.89 Å². The van der Waals surface area contributed by atoms with Crippen LogP contribution < -0.4 is 5.32 Å². The van der Waals surface area contributed by atoms with Crippen molar-refractivity contribution in [3.05, 3.63) is 81.5 Å². The molecule has 1 aromatic heterocycles. The number of carbonyl (C=O) groups excluding carboxylic acids is 1. The van der Waals surface area contributed by atoms with Crippen molar-refractivity contribution < 1.29 is 18.5 Å². The Morgan fingerprint density at radius 1 is 1.22 bits per heavy atom. The lowest BCUT2D eigenvalue weighted by Crippen LogP contribution is -2.22. The van der Waals surface area contributed by atoms with Crippen molar-refractivity contribution in [3.8, 4) is 0 Å². The van der Waals surface area contributed by atoms with Gasteiger partial charge in [-0.05, 0) is 29.8 Å². The topological polar surface area (TPSA) is 111 Å². The normalized spacial score (nSPS) is 10.6. The highest BCUT2D eigenvalue weighted by molar-refractivity contribution is 7.98. The monoisotopic (exact) mass is 388 g/mol. The van der Waals surface area contributed by atoms with E-state index in [2.05, 4.69) is 15.5 Å². The predicted molar refractivity (Wildman–Crippen MR) is 94.5 cm³/mol. The number of hydrogen-bond acceptors (Lipinski definition) is 7. The summed E-state index contributed by atoms with van der Waals surface area (Å²) in [6.07, 6.45) is 0. The lowest BCUT2D eigenvalue weighted by molar-refractivity contribution is -0.384. The number of nitro groups is 1. The third-order valence-electron chi connectivity index (χ3n) is 3.44. The third kappa shape index (κ3) is 5.11. The van der Waals surface area contributed by atoms with Gasteiger partial charge in [0.15, 0.2) is 0 Å². The zero-order chi connectivity index (χ0) is 19.2. The maximum Gasteiger partial charge on any atom is 0.276 e. The van der Waals surface area contributed by atoms with Crippen molar-refractivity contribution in [2.24, 2.45) is 0 Å². The highest BCUT2D eigenvalue weighted by Crippen LogP contribution is 2.23. The van der Waals surface area contributed by atoms with E-state index in [1.54, 1.807) is 12.1 Å². The van der Waals surface area contributed by atoms with E-state index < -0.39 is 10.7 Å². The molecule has 8 nitrogen and oxygen atoms in total. The van der Waals surface area contributed by atoms with Crippen molar-refractivity contribution in [1.82, 2.24) is 15.5 Å². The number of carbonyl (C=O) groups is 1. The van der Waals surface area contributed by atoms with Crippen molar-refractivity contribution in [3.63, 3.8) is 0 Å². The average molecular weight is 388 g/mol. The maximum atomic E-state index is 12.9. The lowest BCUT2D eigenvalue weighted by Gasteiger charge is -2.02. The minimum atomic E-state index is -0.456. The molecule has 10 heteroatoms. The molecule has 138 valence electrons. The largest absolute Gasteiger partial charge is 0.414 e. The van der Waals surface area contributed by atoms with E-state index in [4.69, 9.17) is 4.42 Å². The number of rotatable bonds is 7. The Balaban J connectivity index is 1.52. The van der Waals surface area contributed by atoms with Crippen molar-refractivity contribution in [2.75, 3.05) is 0 Å². The van der Waals surface area contributed by atoms with Crippen LogP contribution in [0.25, 0.3) is 0 Å². The highest BCUT2D eigenvalue weighted by atomic mass is 32.2. The zero-order valence-corrected chi connectivity index (χ0v) is 14.6. The average Bonchev–Trinajstić information content (AvgIpc) is 3.13. The van der Waals surface area contributed by atoms with Gasteiger partial charge in [0.1, 0.15) is 5.82 Å². The van der Waals surface area contributed by atoms with Gasteiger partial charge >= 0.3 is 0 Å².